The SMILES string of the molecule is Cn1cncc1COc1noc2ccc(-c3ccc(OC(F)(F)F)cc3)cc12. The number of hydrogen-bond donors (Lipinski definition) is 0. The lowest BCUT2D eigenvalue weighted by Crippen LogP contribution is -2.16. The summed E-state index contributed by atoms with van der Waals surface area (Å²) < 4.78 is 53.6. The molecular formula is C19H14F3N3O3. The highest BCUT2D eigenvalue weighted by molar-refractivity contribution is 5.87. The zero-order valence-corrected chi connectivity index (χ0v) is 14.6. The van der Waals surface area contributed by atoms with Gasteiger partial charge in [0.15, 0.2) is 5.58 Å². The van der Waals surface area contributed by atoms with Crippen molar-refractivity contribution < 1.29 is 27.2 Å². The molecule has 28 heavy (non-hydrogen) atoms. The lowest BCUT2D eigenvalue weighted by Gasteiger charge is -2.09. The number of hydrogen-bond acceptors (Lipinski definition) is 5. The molecule has 0 aliphatic rings. The Morgan fingerprint density at radius 3 is 2.50 bits per heavy atom. The van der Waals surface area contributed by atoms with Gasteiger partial charge in [0.05, 0.1) is 23.6 Å². The van der Waals surface area contributed by atoms with Crippen molar-refractivity contribution in [2.45, 2.75) is 13.0 Å². The number of aromatic nitrogens is 3. The fraction of sp³-hybridized carbons (Fsp3) is 0.158. The van der Waals surface area contributed by atoms with Gasteiger partial charge in [-0.25, -0.2) is 4.98 Å². The highest BCUT2D eigenvalue weighted by Crippen LogP contribution is 2.32. The Kier molecular flexibility index (Phi) is 4.42. The molecular weight excluding hydrogens is 375 g/mol. The number of rotatable bonds is 5. The molecule has 2 heterocycles. The highest BCUT2D eigenvalue weighted by Gasteiger charge is 2.30. The largest absolute Gasteiger partial charge is 0.573 e. The standard InChI is InChI=1S/C19H14F3N3O3/c1-25-11-23-9-14(25)10-26-18-16-8-13(4-7-17(16)28-24-18)12-2-5-15(6-3-12)27-19(20,21)22/h2-9,11H,10H2,1H3. The fourth-order valence-electron chi connectivity index (χ4n) is 2.72. The molecule has 0 spiro atoms. The molecule has 9 heteroatoms. The van der Waals surface area contributed by atoms with Crippen LogP contribution in [0.15, 0.2) is 59.5 Å². The topological polar surface area (TPSA) is 62.3 Å². The van der Waals surface area contributed by atoms with E-state index in [4.69, 9.17) is 9.26 Å². The zero-order valence-electron chi connectivity index (χ0n) is 14.6. The van der Waals surface area contributed by atoms with Crippen molar-refractivity contribution in [2.75, 3.05) is 0 Å². The molecule has 4 rings (SSSR count). The first-order chi connectivity index (χ1) is 13.4. The van der Waals surface area contributed by atoms with E-state index in [-0.39, 0.29) is 12.4 Å². The minimum Gasteiger partial charge on any atom is -0.469 e. The van der Waals surface area contributed by atoms with E-state index in [1.165, 1.54) is 12.1 Å². The first-order valence-corrected chi connectivity index (χ1v) is 8.23. The summed E-state index contributed by atoms with van der Waals surface area (Å²) in [5.41, 5.74) is 2.91. The van der Waals surface area contributed by atoms with E-state index in [0.29, 0.717) is 16.8 Å². The third-order valence-corrected chi connectivity index (χ3v) is 4.13. The van der Waals surface area contributed by atoms with Gasteiger partial charge in [0.1, 0.15) is 12.4 Å². The second-order valence-electron chi connectivity index (χ2n) is 6.06. The molecule has 0 unspecified atom stereocenters. The molecule has 2 aromatic heterocycles. The Hall–Kier alpha value is -3.49. The highest BCUT2D eigenvalue weighted by atomic mass is 19.4. The van der Waals surface area contributed by atoms with E-state index in [1.807, 2.05) is 17.7 Å². The van der Waals surface area contributed by atoms with Crippen LogP contribution < -0.4 is 9.47 Å². The fourth-order valence-corrected chi connectivity index (χ4v) is 2.72. The summed E-state index contributed by atoms with van der Waals surface area (Å²) in [6.45, 7) is 0.270. The van der Waals surface area contributed by atoms with Crippen LogP contribution in [-0.4, -0.2) is 21.1 Å². The summed E-state index contributed by atoms with van der Waals surface area (Å²) >= 11 is 0. The van der Waals surface area contributed by atoms with E-state index in [2.05, 4.69) is 14.9 Å². The summed E-state index contributed by atoms with van der Waals surface area (Å²) in [7, 11) is 1.86. The van der Waals surface area contributed by atoms with Crippen molar-refractivity contribution in [3.8, 4) is 22.8 Å². The van der Waals surface area contributed by atoms with Gasteiger partial charge in [0, 0.05) is 7.05 Å². The van der Waals surface area contributed by atoms with Crippen LogP contribution >= 0.6 is 0 Å². The van der Waals surface area contributed by atoms with Gasteiger partial charge in [-0.15, -0.1) is 13.2 Å². The molecule has 0 fully saturated rings. The number of nitrogens with zero attached hydrogens (tertiary/aromatic N) is 3. The van der Waals surface area contributed by atoms with E-state index >= 15 is 0 Å². The third kappa shape index (κ3) is 3.78. The Balaban J connectivity index is 1.58. The number of benzene rings is 2. The van der Waals surface area contributed by atoms with Crippen LogP contribution in [0, 0.1) is 0 Å². The van der Waals surface area contributed by atoms with Crippen molar-refractivity contribution in [1.82, 2.24) is 14.7 Å². The van der Waals surface area contributed by atoms with E-state index in [0.717, 1.165) is 16.8 Å². The number of halogens is 3. The minimum atomic E-state index is -4.72. The summed E-state index contributed by atoms with van der Waals surface area (Å²) in [4.78, 5) is 4.03. The molecule has 144 valence electrons. The second-order valence-corrected chi connectivity index (χ2v) is 6.06. The van der Waals surface area contributed by atoms with E-state index in [1.54, 1.807) is 36.8 Å². The van der Waals surface area contributed by atoms with Gasteiger partial charge in [0.25, 0.3) is 5.88 Å². The van der Waals surface area contributed by atoms with Crippen LogP contribution in [0.3, 0.4) is 0 Å². The first-order valence-electron chi connectivity index (χ1n) is 8.23. The third-order valence-electron chi connectivity index (χ3n) is 4.13. The molecule has 0 radical (unpaired) electrons. The molecule has 0 amide bonds. The van der Waals surface area contributed by atoms with Gasteiger partial charge in [-0.05, 0) is 40.5 Å². The molecule has 6 nitrogen and oxygen atoms in total. The van der Waals surface area contributed by atoms with Gasteiger partial charge in [-0.1, -0.05) is 18.2 Å². The van der Waals surface area contributed by atoms with Crippen LogP contribution in [0.4, 0.5) is 13.2 Å². The van der Waals surface area contributed by atoms with Crippen LogP contribution in [0.2, 0.25) is 0 Å². The van der Waals surface area contributed by atoms with E-state index in [9.17, 15) is 13.2 Å². The number of alkyl halides is 3. The van der Waals surface area contributed by atoms with Crippen molar-refractivity contribution in [1.29, 1.82) is 0 Å². The van der Waals surface area contributed by atoms with Gasteiger partial charge >= 0.3 is 6.36 Å². The molecule has 0 saturated heterocycles. The average molecular weight is 389 g/mol. The second kappa shape index (κ2) is 6.91. The summed E-state index contributed by atoms with van der Waals surface area (Å²) in [5.74, 6) is 0.0533. The Morgan fingerprint density at radius 2 is 1.82 bits per heavy atom. The monoisotopic (exact) mass is 389 g/mol. The number of ether oxygens (including phenoxy) is 2. The molecule has 4 aromatic rings. The van der Waals surface area contributed by atoms with E-state index < -0.39 is 6.36 Å². The maximum absolute atomic E-state index is 12.3. The number of fused-ring (bicyclic) bond motifs is 1. The number of imidazole rings is 1. The molecule has 0 bridgehead atoms. The predicted octanol–water partition coefficient (Wildman–Crippen LogP) is 4.71. The maximum Gasteiger partial charge on any atom is 0.573 e. The normalized spacial score (nSPS) is 11.7. The van der Waals surface area contributed by atoms with Crippen LogP contribution in [0.5, 0.6) is 11.6 Å². The summed E-state index contributed by atoms with van der Waals surface area (Å²) in [6.07, 6.45) is -1.36. The van der Waals surface area contributed by atoms with Gasteiger partial charge in [-0.3, -0.25) is 0 Å². The van der Waals surface area contributed by atoms with Gasteiger partial charge in [-0.2, -0.15) is 0 Å². The predicted molar refractivity (Wildman–Crippen MR) is 93.7 cm³/mol. The zero-order chi connectivity index (χ0) is 19.7. The quantitative estimate of drug-likeness (QED) is 0.495. The van der Waals surface area contributed by atoms with Gasteiger partial charge < -0.3 is 18.6 Å². The Labute approximate surface area is 157 Å². The van der Waals surface area contributed by atoms with Crippen LogP contribution in [0.1, 0.15) is 5.69 Å². The average Bonchev–Trinajstić information content (AvgIpc) is 3.24. The molecule has 0 atom stereocenters. The van der Waals surface area contributed by atoms with Crippen molar-refractivity contribution in [2.24, 2.45) is 7.05 Å². The lowest BCUT2D eigenvalue weighted by molar-refractivity contribution is -0.274. The summed E-state index contributed by atoms with van der Waals surface area (Å²) in [5, 5.41) is 4.60. The minimum absolute atomic E-state index is 0.270. The summed E-state index contributed by atoms with van der Waals surface area (Å²) in [6, 6.07) is 11.0. The van der Waals surface area contributed by atoms with Gasteiger partial charge in [0.2, 0.25) is 0 Å². The van der Waals surface area contributed by atoms with Crippen LogP contribution in [0.25, 0.3) is 22.1 Å². The molecule has 2 aromatic carbocycles. The Bertz CT molecular complexity index is 1100. The molecule has 0 saturated carbocycles. The molecule has 0 aliphatic carbocycles. The van der Waals surface area contributed by atoms with Crippen LogP contribution in [-0.2, 0) is 13.7 Å². The maximum atomic E-state index is 12.3. The lowest BCUT2D eigenvalue weighted by atomic mass is 10.0. The van der Waals surface area contributed by atoms with Crippen molar-refractivity contribution in [3.05, 3.63) is 60.7 Å². The van der Waals surface area contributed by atoms with Crippen molar-refractivity contribution in [3.63, 3.8) is 0 Å². The number of aryl methyl sites for hydroxylation is 1. The molecule has 0 aliphatic heterocycles. The molecule has 0 N–H and O–H groups in total. The first kappa shape index (κ1) is 17.9. The smallest absolute Gasteiger partial charge is 0.469 e. The Morgan fingerprint density at radius 1 is 1.07 bits per heavy atom. The van der Waals surface area contributed by atoms with Crippen molar-refractivity contribution >= 4 is 11.0 Å².